The lowest BCUT2D eigenvalue weighted by Crippen LogP contribution is -2.32. The third kappa shape index (κ3) is 2.23. The summed E-state index contributed by atoms with van der Waals surface area (Å²) in [4.78, 5) is 44.1. The van der Waals surface area contributed by atoms with Crippen LogP contribution in [0.5, 0.6) is 0 Å². The number of hydrogen-bond acceptors (Lipinski definition) is 5. The summed E-state index contributed by atoms with van der Waals surface area (Å²) in [5.41, 5.74) is 1.10. The van der Waals surface area contributed by atoms with Crippen molar-refractivity contribution in [3.05, 3.63) is 71.1 Å². The molecule has 6 heteroatoms. The molecule has 1 saturated carbocycles. The minimum absolute atomic E-state index is 0.137. The van der Waals surface area contributed by atoms with E-state index in [1.807, 2.05) is 0 Å². The number of para-hydroxylation sites is 1. The molecule has 0 unspecified atom stereocenters. The molecule has 1 saturated heterocycles. The van der Waals surface area contributed by atoms with E-state index in [0.717, 1.165) is 6.42 Å². The van der Waals surface area contributed by atoms with Crippen LogP contribution < -0.4 is 10.5 Å². The first-order valence-corrected chi connectivity index (χ1v) is 9.68. The topological polar surface area (TPSA) is 80.5 Å². The van der Waals surface area contributed by atoms with Crippen LogP contribution in [0.1, 0.15) is 6.42 Å². The van der Waals surface area contributed by atoms with Crippen molar-refractivity contribution in [2.45, 2.75) is 6.42 Å². The Labute approximate surface area is 165 Å². The quantitative estimate of drug-likeness (QED) is 0.501. The van der Waals surface area contributed by atoms with Gasteiger partial charge in [-0.3, -0.25) is 9.59 Å². The lowest BCUT2D eigenvalue weighted by atomic mass is 9.85. The number of nitrogens with zero attached hydrogens (tertiary/aromatic N) is 2. The molecule has 1 aliphatic heterocycles. The Balaban J connectivity index is 1.42. The van der Waals surface area contributed by atoms with Gasteiger partial charge in [-0.25, -0.2) is 14.7 Å². The molecule has 2 heterocycles. The predicted octanol–water partition coefficient (Wildman–Crippen LogP) is 3.17. The molecular weight excluding hydrogens is 368 g/mol. The number of aromatic nitrogens is 1. The van der Waals surface area contributed by atoms with Crippen LogP contribution in [-0.2, 0) is 9.59 Å². The van der Waals surface area contributed by atoms with E-state index in [-0.39, 0.29) is 41.4 Å². The van der Waals surface area contributed by atoms with Crippen LogP contribution in [0, 0.1) is 23.7 Å². The summed E-state index contributed by atoms with van der Waals surface area (Å²) in [7, 11) is 0. The van der Waals surface area contributed by atoms with Gasteiger partial charge in [0, 0.05) is 5.56 Å². The second-order valence-corrected chi connectivity index (χ2v) is 7.89. The highest BCUT2D eigenvalue weighted by Crippen LogP contribution is 2.53. The van der Waals surface area contributed by atoms with Crippen molar-refractivity contribution in [2.24, 2.45) is 23.7 Å². The highest BCUT2D eigenvalue weighted by atomic mass is 16.4. The van der Waals surface area contributed by atoms with Crippen LogP contribution in [-0.4, -0.2) is 16.8 Å². The molecular formula is C23H16N2O4. The average molecular weight is 384 g/mol. The maximum absolute atomic E-state index is 13.0. The maximum atomic E-state index is 13.0. The van der Waals surface area contributed by atoms with Gasteiger partial charge in [-0.1, -0.05) is 30.4 Å². The largest absolute Gasteiger partial charge is 0.403 e. The van der Waals surface area contributed by atoms with Gasteiger partial charge >= 0.3 is 5.63 Å². The van der Waals surface area contributed by atoms with Crippen molar-refractivity contribution in [1.29, 1.82) is 0 Å². The average Bonchev–Trinajstić information content (AvgIpc) is 3.42. The Kier molecular flexibility index (Phi) is 3.25. The standard InChI is InChI=1S/C23H16N2O4/c26-21-18-12-8-9-13(10-12)19(18)22(27)25(21)15-5-3-4-14(11-15)20-24-17-7-2-1-6-16(17)23(28)29-20/h1-9,11-13,18-19H,10H2/t12-,13+,18+,19-. The Morgan fingerprint density at radius 1 is 0.897 bits per heavy atom. The van der Waals surface area contributed by atoms with Gasteiger partial charge in [-0.05, 0) is 48.6 Å². The molecule has 4 atom stereocenters. The lowest BCUT2D eigenvalue weighted by Gasteiger charge is -2.17. The van der Waals surface area contributed by atoms with E-state index in [1.165, 1.54) is 4.90 Å². The van der Waals surface area contributed by atoms with Crippen molar-refractivity contribution in [1.82, 2.24) is 4.98 Å². The zero-order valence-electron chi connectivity index (χ0n) is 15.3. The van der Waals surface area contributed by atoms with E-state index < -0.39 is 5.63 Å². The van der Waals surface area contributed by atoms with Gasteiger partial charge in [0.1, 0.15) is 0 Å². The Hall–Kier alpha value is -3.54. The summed E-state index contributed by atoms with van der Waals surface area (Å²) in [6.07, 6.45) is 5.04. The summed E-state index contributed by atoms with van der Waals surface area (Å²) in [6.45, 7) is 0. The van der Waals surface area contributed by atoms with Gasteiger partial charge in [0.15, 0.2) is 0 Å². The van der Waals surface area contributed by atoms with Crippen molar-refractivity contribution in [3.8, 4) is 11.5 Å². The molecule has 6 rings (SSSR count). The molecule has 0 radical (unpaired) electrons. The number of imide groups is 1. The zero-order valence-corrected chi connectivity index (χ0v) is 15.3. The van der Waals surface area contributed by atoms with E-state index in [1.54, 1.807) is 48.5 Å². The first-order valence-electron chi connectivity index (χ1n) is 9.68. The zero-order chi connectivity index (χ0) is 19.7. The van der Waals surface area contributed by atoms with Crippen LogP contribution in [0.2, 0.25) is 0 Å². The van der Waals surface area contributed by atoms with Gasteiger partial charge in [-0.15, -0.1) is 0 Å². The molecule has 2 aromatic carbocycles. The number of allylic oxidation sites excluding steroid dienone is 2. The van der Waals surface area contributed by atoms with Crippen LogP contribution in [0.3, 0.4) is 0 Å². The molecule has 3 aliphatic rings. The molecule has 2 fully saturated rings. The molecule has 2 aliphatic carbocycles. The minimum atomic E-state index is -0.471. The number of carbonyl (C=O) groups is 2. The summed E-state index contributed by atoms with van der Waals surface area (Å²) in [6, 6.07) is 13.9. The second kappa shape index (κ2) is 5.73. The van der Waals surface area contributed by atoms with E-state index in [2.05, 4.69) is 17.1 Å². The number of anilines is 1. The molecule has 0 spiro atoms. The maximum Gasteiger partial charge on any atom is 0.347 e. The van der Waals surface area contributed by atoms with Crippen molar-refractivity contribution >= 4 is 28.4 Å². The van der Waals surface area contributed by atoms with Crippen LogP contribution >= 0.6 is 0 Å². The Morgan fingerprint density at radius 2 is 1.62 bits per heavy atom. The molecule has 0 N–H and O–H groups in total. The summed E-state index contributed by atoms with van der Waals surface area (Å²) < 4.78 is 5.40. The van der Waals surface area contributed by atoms with Crippen LogP contribution in [0.4, 0.5) is 5.69 Å². The SMILES string of the molecule is O=C1[C@@H]2[C@H](C(=O)N1c1cccc(-c3nc4ccccc4c(=O)o3)c1)[C@H]1C=C[C@@H]2C1. The fourth-order valence-corrected chi connectivity index (χ4v) is 5.08. The van der Waals surface area contributed by atoms with E-state index in [0.29, 0.717) is 22.2 Å². The summed E-state index contributed by atoms with van der Waals surface area (Å²) in [5.74, 6) is -0.291. The van der Waals surface area contributed by atoms with Gasteiger partial charge in [0.2, 0.25) is 17.7 Å². The van der Waals surface area contributed by atoms with Gasteiger partial charge < -0.3 is 4.42 Å². The molecule has 1 aromatic heterocycles. The van der Waals surface area contributed by atoms with E-state index in [4.69, 9.17) is 4.42 Å². The third-order valence-corrected chi connectivity index (χ3v) is 6.36. The van der Waals surface area contributed by atoms with Gasteiger partial charge in [0.25, 0.3) is 0 Å². The van der Waals surface area contributed by atoms with Gasteiger partial charge in [0.05, 0.1) is 28.4 Å². The number of amides is 2. The monoisotopic (exact) mass is 384 g/mol. The number of rotatable bonds is 2. The van der Waals surface area contributed by atoms with Crippen LogP contribution in [0.25, 0.3) is 22.4 Å². The Morgan fingerprint density at radius 3 is 2.38 bits per heavy atom. The van der Waals surface area contributed by atoms with Crippen molar-refractivity contribution < 1.29 is 14.0 Å². The molecule has 29 heavy (non-hydrogen) atoms. The summed E-state index contributed by atoms with van der Waals surface area (Å²) in [5, 5.41) is 0.410. The third-order valence-electron chi connectivity index (χ3n) is 6.36. The molecule has 2 bridgehead atoms. The minimum Gasteiger partial charge on any atom is -0.403 e. The number of fused-ring (bicyclic) bond motifs is 6. The lowest BCUT2D eigenvalue weighted by molar-refractivity contribution is -0.123. The van der Waals surface area contributed by atoms with Crippen LogP contribution in [0.15, 0.2) is 69.9 Å². The molecule has 2 amide bonds. The van der Waals surface area contributed by atoms with E-state index in [9.17, 15) is 14.4 Å². The number of hydrogen-bond donors (Lipinski definition) is 0. The fourth-order valence-electron chi connectivity index (χ4n) is 5.08. The van der Waals surface area contributed by atoms with Crippen molar-refractivity contribution in [2.75, 3.05) is 4.90 Å². The Bertz CT molecular complexity index is 1260. The first-order chi connectivity index (χ1) is 14.1. The normalized spacial score (nSPS) is 27.2. The van der Waals surface area contributed by atoms with E-state index >= 15 is 0 Å². The highest BCUT2D eigenvalue weighted by Gasteiger charge is 2.59. The molecule has 3 aromatic rings. The highest BCUT2D eigenvalue weighted by molar-refractivity contribution is 6.23. The smallest absolute Gasteiger partial charge is 0.347 e. The molecule has 6 nitrogen and oxygen atoms in total. The number of carbonyl (C=O) groups excluding carboxylic acids is 2. The first kappa shape index (κ1) is 16.4. The predicted molar refractivity (Wildman–Crippen MR) is 106 cm³/mol. The second-order valence-electron chi connectivity index (χ2n) is 7.89. The summed E-state index contributed by atoms with van der Waals surface area (Å²) >= 11 is 0. The molecule has 142 valence electrons. The van der Waals surface area contributed by atoms with Crippen molar-refractivity contribution in [3.63, 3.8) is 0 Å². The fraction of sp³-hybridized carbons (Fsp3) is 0.217. The van der Waals surface area contributed by atoms with Gasteiger partial charge in [-0.2, -0.15) is 0 Å². The number of benzene rings is 2.